The van der Waals surface area contributed by atoms with Crippen molar-refractivity contribution < 1.29 is 18.0 Å². The van der Waals surface area contributed by atoms with Crippen molar-refractivity contribution in [2.45, 2.75) is 33.1 Å². The van der Waals surface area contributed by atoms with Crippen molar-refractivity contribution >= 4 is 39.9 Å². The predicted octanol–water partition coefficient (Wildman–Crippen LogP) is 6.55. The van der Waals surface area contributed by atoms with Crippen molar-refractivity contribution in [3.63, 3.8) is 0 Å². The largest absolute Gasteiger partial charge is 0.416 e. The van der Waals surface area contributed by atoms with Gasteiger partial charge in [-0.15, -0.1) is 0 Å². The summed E-state index contributed by atoms with van der Waals surface area (Å²) in [6.07, 6.45) is -1.10. The fourth-order valence-corrected chi connectivity index (χ4v) is 5.32. The number of aryl methyl sites for hydroxylation is 1. The van der Waals surface area contributed by atoms with Gasteiger partial charge in [0.1, 0.15) is 5.65 Å². The minimum atomic E-state index is -4.57. The van der Waals surface area contributed by atoms with E-state index in [-0.39, 0.29) is 17.7 Å². The molecule has 1 saturated heterocycles. The van der Waals surface area contributed by atoms with Crippen LogP contribution in [0, 0.1) is 6.92 Å². The molecule has 4 aromatic rings. The molecule has 1 amide bonds. The van der Waals surface area contributed by atoms with Crippen LogP contribution in [0.3, 0.4) is 0 Å². The van der Waals surface area contributed by atoms with E-state index in [2.05, 4.69) is 32.4 Å². The van der Waals surface area contributed by atoms with Crippen molar-refractivity contribution in [3.05, 3.63) is 87.7 Å². The second-order valence-corrected chi connectivity index (χ2v) is 10.6. The molecular formula is C30H32ClF3N6O. The van der Waals surface area contributed by atoms with Crippen LogP contribution >= 0.6 is 11.6 Å². The number of rotatable bonds is 8. The molecule has 0 bridgehead atoms. The number of carbonyl (C=O) groups is 1. The van der Waals surface area contributed by atoms with Crippen LogP contribution < -0.4 is 10.6 Å². The van der Waals surface area contributed by atoms with E-state index in [1.165, 1.54) is 12.1 Å². The van der Waals surface area contributed by atoms with E-state index in [9.17, 15) is 18.0 Å². The number of nitrogens with one attached hydrogen (secondary N) is 3. The third-order valence-electron chi connectivity index (χ3n) is 7.54. The number of aromatic nitrogens is 2. The van der Waals surface area contributed by atoms with E-state index in [4.69, 9.17) is 11.6 Å². The fraction of sp³-hybridized carbons (Fsp3) is 0.333. The molecule has 0 atom stereocenters. The van der Waals surface area contributed by atoms with Gasteiger partial charge in [-0.2, -0.15) is 13.2 Å². The maximum Gasteiger partial charge on any atom is 0.416 e. The number of carbonyl (C=O) groups excluding carboxylic acids is 1. The van der Waals surface area contributed by atoms with Crippen LogP contribution in [0.4, 0.5) is 24.5 Å². The van der Waals surface area contributed by atoms with E-state index in [0.29, 0.717) is 36.0 Å². The van der Waals surface area contributed by atoms with Gasteiger partial charge >= 0.3 is 6.18 Å². The number of hydrogen-bond acceptors (Lipinski definition) is 5. The first-order valence-electron chi connectivity index (χ1n) is 13.5. The Morgan fingerprint density at radius 2 is 1.80 bits per heavy atom. The molecule has 0 spiro atoms. The molecule has 1 fully saturated rings. The topological polar surface area (TPSA) is 76.3 Å². The summed E-state index contributed by atoms with van der Waals surface area (Å²) in [5.41, 5.74) is 2.99. The molecule has 216 valence electrons. The number of halogens is 4. The number of piperazine rings is 1. The molecule has 11 heteroatoms. The SMILES string of the molecule is CCN1CCN(Cc2ccc(C(=O)Nc3ccc(C)c(NCc4cnc5[nH]ccc5c4Cl)c3)cc2C(F)(F)F)CC1. The number of fused-ring (bicyclic) bond motifs is 1. The number of anilines is 2. The number of pyridine rings is 1. The van der Waals surface area contributed by atoms with Gasteiger partial charge in [0.05, 0.1) is 10.6 Å². The van der Waals surface area contributed by atoms with E-state index in [0.717, 1.165) is 47.9 Å². The lowest BCUT2D eigenvalue weighted by atomic mass is 10.0. The summed E-state index contributed by atoms with van der Waals surface area (Å²) >= 11 is 6.54. The molecule has 3 N–H and O–H groups in total. The van der Waals surface area contributed by atoms with Gasteiger partial charge < -0.3 is 20.5 Å². The van der Waals surface area contributed by atoms with Crippen LogP contribution in [-0.2, 0) is 19.3 Å². The monoisotopic (exact) mass is 584 g/mol. The molecule has 0 aliphatic carbocycles. The first-order chi connectivity index (χ1) is 19.6. The van der Waals surface area contributed by atoms with Crippen molar-refractivity contribution in [1.82, 2.24) is 19.8 Å². The number of alkyl halides is 3. The molecule has 5 rings (SSSR count). The molecular weight excluding hydrogens is 553 g/mol. The van der Waals surface area contributed by atoms with Crippen LogP contribution in [0.25, 0.3) is 11.0 Å². The van der Waals surface area contributed by atoms with E-state index in [1.54, 1.807) is 24.5 Å². The molecule has 0 saturated carbocycles. The average molecular weight is 585 g/mol. The highest BCUT2D eigenvalue weighted by Crippen LogP contribution is 2.34. The Labute approximate surface area is 241 Å². The lowest BCUT2D eigenvalue weighted by Crippen LogP contribution is -2.45. The third kappa shape index (κ3) is 6.66. The second kappa shape index (κ2) is 12.1. The zero-order chi connectivity index (χ0) is 29.1. The number of likely N-dealkylation sites (N-methyl/N-ethyl adjacent to an activating group) is 1. The molecule has 3 heterocycles. The van der Waals surface area contributed by atoms with Gasteiger partial charge in [-0.05, 0) is 54.9 Å². The number of aromatic amines is 1. The van der Waals surface area contributed by atoms with E-state index < -0.39 is 17.6 Å². The summed E-state index contributed by atoms with van der Waals surface area (Å²) in [6, 6.07) is 11.0. The van der Waals surface area contributed by atoms with Gasteiger partial charge in [-0.1, -0.05) is 30.7 Å². The molecule has 0 unspecified atom stereocenters. The van der Waals surface area contributed by atoms with E-state index in [1.807, 2.05) is 24.0 Å². The first kappa shape index (κ1) is 28.9. The van der Waals surface area contributed by atoms with Crippen LogP contribution in [0.5, 0.6) is 0 Å². The lowest BCUT2D eigenvalue weighted by molar-refractivity contribution is -0.138. The van der Waals surface area contributed by atoms with Crippen molar-refractivity contribution in [2.75, 3.05) is 43.4 Å². The quantitative estimate of drug-likeness (QED) is 0.219. The Balaban J connectivity index is 1.29. The Bertz CT molecular complexity index is 1550. The van der Waals surface area contributed by atoms with Crippen molar-refractivity contribution in [2.24, 2.45) is 0 Å². The number of hydrogen-bond donors (Lipinski definition) is 3. The fourth-order valence-electron chi connectivity index (χ4n) is 5.05. The summed E-state index contributed by atoms with van der Waals surface area (Å²) in [7, 11) is 0. The minimum absolute atomic E-state index is 0.0513. The van der Waals surface area contributed by atoms with Crippen LogP contribution in [0.2, 0.25) is 5.02 Å². The summed E-state index contributed by atoms with van der Waals surface area (Å²) in [5.74, 6) is -0.612. The smallest absolute Gasteiger partial charge is 0.381 e. The van der Waals surface area contributed by atoms with Gasteiger partial charge in [-0.3, -0.25) is 9.69 Å². The Morgan fingerprint density at radius 3 is 2.54 bits per heavy atom. The summed E-state index contributed by atoms with van der Waals surface area (Å²) in [4.78, 5) is 24.7. The van der Waals surface area contributed by atoms with Crippen molar-refractivity contribution in [1.29, 1.82) is 0 Å². The zero-order valence-electron chi connectivity index (χ0n) is 22.9. The van der Waals surface area contributed by atoms with Crippen LogP contribution in [-0.4, -0.2) is 58.4 Å². The standard InChI is InChI=1S/C30H32ClF3N6O/c1-3-39-10-12-40(13-11-39)18-21-6-5-20(14-25(21)30(32,33)34)29(41)38-23-7-4-19(2)26(15-23)36-16-22-17-37-28-24(27(22)31)8-9-35-28/h4-9,14-15,17,36H,3,10-13,16,18H2,1-2H3,(H,35,37)(H,38,41). The van der Waals surface area contributed by atoms with Crippen LogP contribution in [0.1, 0.15) is 39.5 Å². The highest BCUT2D eigenvalue weighted by atomic mass is 35.5. The Morgan fingerprint density at radius 1 is 1.05 bits per heavy atom. The molecule has 1 aliphatic rings. The Kier molecular flexibility index (Phi) is 8.53. The van der Waals surface area contributed by atoms with Crippen molar-refractivity contribution in [3.8, 4) is 0 Å². The summed E-state index contributed by atoms with van der Waals surface area (Å²) < 4.78 is 42.1. The highest BCUT2D eigenvalue weighted by molar-refractivity contribution is 6.36. The number of amides is 1. The van der Waals surface area contributed by atoms with Gasteiger partial charge in [0.15, 0.2) is 0 Å². The van der Waals surface area contributed by atoms with Crippen LogP contribution in [0.15, 0.2) is 54.9 Å². The predicted molar refractivity (Wildman–Crippen MR) is 156 cm³/mol. The maximum absolute atomic E-state index is 14.0. The Hall–Kier alpha value is -3.60. The first-order valence-corrected chi connectivity index (χ1v) is 13.9. The van der Waals surface area contributed by atoms with Gasteiger partial charge in [0, 0.05) is 79.6 Å². The third-order valence-corrected chi connectivity index (χ3v) is 7.99. The highest BCUT2D eigenvalue weighted by Gasteiger charge is 2.34. The molecule has 41 heavy (non-hydrogen) atoms. The lowest BCUT2D eigenvalue weighted by Gasteiger charge is -2.34. The number of benzene rings is 2. The molecule has 2 aromatic heterocycles. The molecule has 1 aliphatic heterocycles. The summed E-state index contributed by atoms with van der Waals surface area (Å²) in [5, 5.41) is 7.48. The maximum atomic E-state index is 14.0. The number of H-pyrrole nitrogens is 1. The molecule has 7 nitrogen and oxygen atoms in total. The second-order valence-electron chi connectivity index (χ2n) is 10.3. The van der Waals surface area contributed by atoms with Gasteiger partial charge in [0.2, 0.25) is 0 Å². The average Bonchev–Trinajstić information content (AvgIpc) is 3.44. The zero-order valence-corrected chi connectivity index (χ0v) is 23.7. The number of nitrogens with zero attached hydrogens (tertiary/aromatic N) is 3. The van der Waals surface area contributed by atoms with Gasteiger partial charge in [0.25, 0.3) is 5.91 Å². The minimum Gasteiger partial charge on any atom is -0.381 e. The normalized spacial score (nSPS) is 14.9. The van der Waals surface area contributed by atoms with E-state index >= 15 is 0 Å². The summed E-state index contributed by atoms with van der Waals surface area (Å²) in [6.45, 7) is 8.59. The molecule has 0 radical (unpaired) electrons. The molecule has 2 aromatic carbocycles. The van der Waals surface area contributed by atoms with Gasteiger partial charge in [-0.25, -0.2) is 4.98 Å².